The van der Waals surface area contributed by atoms with Crippen LogP contribution in [-0.2, 0) is 41.6 Å². The molecule has 0 spiro atoms. The SMILES string of the molecule is CCCC[C@H](NC(=O)[C@@H](CC(=O)OCc1ccccc1)Cc1cn(C(=O)OC(C)(C)C)c2ccccc12)C(=O)OC. The average molecular weight is 565 g/mol. The largest absolute Gasteiger partial charge is 0.467 e. The normalized spacial score (nSPS) is 12.8. The minimum absolute atomic E-state index is 0.0766. The standard InChI is InChI=1S/C32H40N2O7/c1-6-7-16-26(30(37)39-5)33-29(36)23(19-28(35)40-21-22-13-9-8-10-14-22)18-24-20-34(31(38)41-32(2,3)4)27-17-12-11-15-25(24)27/h8-15,17,20,23,26H,6-7,16,18-19,21H2,1-5H3,(H,33,36)/t23-,26+/m1/s1. The lowest BCUT2D eigenvalue weighted by Gasteiger charge is -2.21. The molecule has 0 aliphatic carbocycles. The predicted octanol–water partition coefficient (Wildman–Crippen LogP) is 5.56. The van der Waals surface area contributed by atoms with Crippen LogP contribution in [0.4, 0.5) is 4.79 Å². The number of nitrogens with zero attached hydrogens (tertiary/aromatic N) is 1. The van der Waals surface area contributed by atoms with Crippen molar-refractivity contribution in [2.24, 2.45) is 5.92 Å². The number of amides is 1. The fourth-order valence-corrected chi connectivity index (χ4v) is 4.49. The summed E-state index contributed by atoms with van der Waals surface area (Å²) in [6, 6.07) is 15.7. The lowest BCUT2D eigenvalue weighted by molar-refractivity contribution is -0.149. The zero-order chi connectivity index (χ0) is 30.0. The van der Waals surface area contributed by atoms with Gasteiger partial charge in [0.25, 0.3) is 0 Å². The molecule has 2 aromatic carbocycles. The highest BCUT2D eigenvalue weighted by Crippen LogP contribution is 2.26. The van der Waals surface area contributed by atoms with Gasteiger partial charge in [-0.15, -0.1) is 0 Å². The Hall–Kier alpha value is -4.14. The molecule has 1 N–H and O–H groups in total. The maximum absolute atomic E-state index is 13.6. The first-order chi connectivity index (χ1) is 19.5. The van der Waals surface area contributed by atoms with Crippen LogP contribution < -0.4 is 5.32 Å². The van der Waals surface area contributed by atoms with Gasteiger partial charge in [0.15, 0.2) is 0 Å². The van der Waals surface area contributed by atoms with Gasteiger partial charge < -0.3 is 19.5 Å². The second kappa shape index (κ2) is 14.5. The fourth-order valence-electron chi connectivity index (χ4n) is 4.49. The predicted molar refractivity (Wildman–Crippen MR) is 155 cm³/mol. The lowest BCUT2D eigenvalue weighted by atomic mass is 9.94. The number of esters is 2. The molecule has 0 bridgehead atoms. The van der Waals surface area contributed by atoms with Crippen LogP contribution in [0.3, 0.4) is 0 Å². The molecular formula is C32H40N2O7. The molecule has 0 saturated heterocycles. The van der Waals surface area contributed by atoms with E-state index in [0.717, 1.165) is 17.4 Å². The Morgan fingerprint density at radius 2 is 1.66 bits per heavy atom. The van der Waals surface area contributed by atoms with Crippen molar-refractivity contribution in [1.82, 2.24) is 9.88 Å². The third-order valence-corrected chi connectivity index (χ3v) is 6.53. The molecule has 1 aromatic heterocycles. The number of hydrogen-bond donors (Lipinski definition) is 1. The van der Waals surface area contributed by atoms with Gasteiger partial charge in [-0.05, 0) is 50.8 Å². The molecule has 2 atom stereocenters. The van der Waals surface area contributed by atoms with E-state index in [1.54, 1.807) is 33.0 Å². The molecule has 0 aliphatic rings. The van der Waals surface area contributed by atoms with Gasteiger partial charge in [0.2, 0.25) is 5.91 Å². The van der Waals surface area contributed by atoms with Crippen molar-refractivity contribution >= 4 is 34.8 Å². The number of aromatic nitrogens is 1. The summed E-state index contributed by atoms with van der Waals surface area (Å²) in [5, 5.41) is 3.55. The first-order valence-electron chi connectivity index (χ1n) is 13.9. The first-order valence-corrected chi connectivity index (χ1v) is 13.9. The number of carbonyl (C=O) groups excluding carboxylic acids is 4. The van der Waals surface area contributed by atoms with Crippen LogP contribution in [0.1, 0.15) is 64.5 Å². The molecule has 0 unspecified atom stereocenters. The molecular weight excluding hydrogens is 524 g/mol. The number of carbonyl (C=O) groups is 4. The number of benzene rings is 2. The van der Waals surface area contributed by atoms with E-state index < -0.39 is 41.5 Å². The smallest absolute Gasteiger partial charge is 0.419 e. The highest BCUT2D eigenvalue weighted by Gasteiger charge is 2.30. The van der Waals surface area contributed by atoms with Crippen LogP contribution in [0.25, 0.3) is 10.9 Å². The lowest BCUT2D eigenvalue weighted by Crippen LogP contribution is -2.45. The van der Waals surface area contributed by atoms with Gasteiger partial charge in [-0.3, -0.25) is 14.2 Å². The second-order valence-corrected chi connectivity index (χ2v) is 11.0. The van der Waals surface area contributed by atoms with Gasteiger partial charge in [0.1, 0.15) is 18.2 Å². The monoisotopic (exact) mass is 564 g/mol. The van der Waals surface area contributed by atoms with E-state index in [-0.39, 0.29) is 19.4 Å². The van der Waals surface area contributed by atoms with E-state index in [4.69, 9.17) is 14.2 Å². The van der Waals surface area contributed by atoms with Gasteiger partial charge in [0, 0.05) is 11.6 Å². The van der Waals surface area contributed by atoms with Gasteiger partial charge in [-0.1, -0.05) is 68.3 Å². The Kier molecular flexibility index (Phi) is 11.1. The Balaban J connectivity index is 1.89. The Morgan fingerprint density at radius 3 is 2.32 bits per heavy atom. The summed E-state index contributed by atoms with van der Waals surface area (Å²) < 4.78 is 17.4. The van der Waals surface area contributed by atoms with Gasteiger partial charge in [-0.25, -0.2) is 9.59 Å². The molecule has 9 heteroatoms. The van der Waals surface area contributed by atoms with Gasteiger partial charge >= 0.3 is 18.0 Å². The maximum Gasteiger partial charge on any atom is 0.419 e. The minimum Gasteiger partial charge on any atom is -0.467 e. The highest BCUT2D eigenvalue weighted by atomic mass is 16.6. The Morgan fingerprint density at radius 1 is 0.976 bits per heavy atom. The molecule has 0 fully saturated rings. The minimum atomic E-state index is -0.870. The van der Waals surface area contributed by atoms with Crippen molar-refractivity contribution in [2.75, 3.05) is 7.11 Å². The van der Waals surface area contributed by atoms with Crippen LogP contribution in [0.5, 0.6) is 0 Å². The molecule has 41 heavy (non-hydrogen) atoms. The van der Waals surface area contributed by atoms with Crippen LogP contribution in [-0.4, -0.2) is 47.3 Å². The summed E-state index contributed by atoms with van der Waals surface area (Å²) in [6.07, 6.45) is 2.97. The number of hydrogen-bond acceptors (Lipinski definition) is 7. The molecule has 1 heterocycles. The topological polar surface area (TPSA) is 113 Å². The number of ether oxygens (including phenoxy) is 3. The zero-order valence-electron chi connectivity index (χ0n) is 24.5. The average Bonchev–Trinajstić information content (AvgIpc) is 3.31. The summed E-state index contributed by atoms with van der Waals surface area (Å²) in [5.74, 6) is -2.43. The summed E-state index contributed by atoms with van der Waals surface area (Å²) in [5.41, 5.74) is 1.44. The van der Waals surface area contributed by atoms with Crippen molar-refractivity contribution in [3.8, 4) is 0 Å². The molecule has 0 radical (unpaired) electrons. The fraction of sp³-hybridized carbons (Fsp3) is 0.438. The number of fused-ring (bicyclic) bond motifs is 1. The second-order valence-electron chi connectivity index (χ2n) is 11.0. The Labute approximate surface area is 241 Å². The molecule has 1 amide bonds. The number of para-hydroxylation sites is 1. The molecule has 3 rings (SSSR count). The van der Waals surface area contributed by atoms with E-state index >= 15 is 0 Å². The van der Waals surface area contributed by atoms with Gasteiger partial charge in [0.05, 0.1) is 25.0 Å². The van der Waals surface area contributed by atoms with Crippen LogP contribution in [0.2, 0.25) is 0 Å². The van der Waals surface area contributed by atoms with Crippen molar-refractivity contribution in [3.05, 3.63) is 71.9 Å². The molecule has 3 aromatic rings. The third kappa shape index (κ3) is 9.20. The summed E-state index contributed by atoms with van der Waals surface area (Å²) in [7, 11) is 1.28. The van der Waals surface area contributed by atoms with Crippen molar-refractivity contribution in [3.63, 3.8) is 0 Å². The number of nitrogens with one attached hydrogen (secondary N) is 1. The quantitative estimate of drug-likeness (QED) is 0.226. The van der Waals surface area contributed by atoms with Crippen molar-refractivity contribution in [2.45, 2.75) is 78.0 Å². The highest BCUT2D eigenvalue weighted by molar-refractivity contribution is 5.93. The third-order valence-electron chi connectivity index (χ3n) is 6.53. The van der Waals surface area contributed by atoms with Crippen molar-refractivity contribution < 1.29 is 33.4 Å². The van der Waals surface area contributed by atoms with Gasteiger partial charge in [-0.2, -0.15) is 0 Å². The zero-order valence-corrected chi connectivity index (χ0v) is 24.5. The summed E-state index contributed by atoms with van der Waals surface area (Å²) >= 11 is 0. The number of rotatable bonds is 12. The van der Waals surface area contributed by atoms with E-state index in [2.05, 4.69) is 5.32 Å². The molecule has 220 valence electrons. The number of unbranched alkanes of at least 4 members (excludes halogenated alkanes) is 1. The summed E-state index contributed by atoms with van der Waals surface area (Å²) in [6.45, 7) is 7.43. The van der Waals surface area contributed by atoms with Crippen LogP contribution in [0, 0.1) is 5.92 Å². The maximum atomic E-state index is 13.6. The van der Waals surface area contributed by atoms with Crippen LogP contribution >= 0.6 is 0 Å². The Bertz CT molecular complexity index is 1340. The van der Waals surface area contributed by atoms with E-state index in [1.165, 1.54) is 11.7 Å². The van der Waals surface area contributed by atoms with E-state index in [0.29, 0.717) is 23.9 Å². The van der Waals surface area contributed by atoms with E-state index in [9.17, 15) is 19.2 Å². The molecule has 9 nitrogen and oxygen atoms in total. The number of methoxy groups -OCH3 is 1. The first kappa shape index (κ1) is 31.4. The van der Waals surface area contributed by atoms with E-state index in [1.807, 2.05) is 55.5 Å². The summed E-state index contributed by atoms with van der Waals surface area (Å²) in [4.78, 5) is 51.9. The van der Waals surface area contributed by atoms with Crippen LogP contribution in [0.15, 0.2) is 60.8 Å². The molecule has 0 aliphatic heterocycles. The molecule has 0 saturated carbocycles. The van der Waals surface area contributed by atoms with Crippen molar-refractivity contribution in [1.29, 1.82) is 0 Å².